The number of rotatable bonds is 3. The average Bonchev–Trinajstić information content (AvgIpc) is 3.03. The van der Waals surface area contributed by atoms with Gasteiger partial charge in [0.25, 0.3) is 0 Å². The van der Waals surface area contributed by atoms with E-state index in [0.717, 1.165) is 0 Å². The quantitative estimate of drug-likeness (QED) is 0.209. The van der Waals surface area contributed by atoms with Crippen LogP contribution < -0.4 is 0 Å². The summed E-state index contributed by atoms with van der Waals surface area (Å²) in [4.78, 5) is 0. The third-order valence-corrected chi connectivity index (χ3v) is 8.26. The van der Waals surface area contributed by atoms with Crippen LogP contribution in [0.3, 0.4) is 0 Å². The first-order valence-corrected chi connectivity index (χ1v) is 13.9. The van der Waals surface area contributed by atoms with Gasteiger partial charge in [0.1, 0.15) is 0 Å². The maximum atomic E-state index is 2.33. The third-order valence-electron chi connectivity index (χ3n) is 8.26. The van der Waals surface area contributed by atoms with Crippen LogP contribution in [0.2, 0.25) is 0 Å². The highest BCUT2D eigenvalue weighted by Gasteiger charge is 2.09. The van der Waals surface area contributed by atoms with Gasteiger partial charge in [0.15, 0.2) is 0 Å². The second kappa shape index (κ2) is 9.22. The Labute approximate surface area is 233 Å². The van der Waals surface area contributed by atoms with Crippen LogP contribution in [0.25, 0.3) is 76.5 Å². The Kier molecular flexibility index (Phi) is 5.24. The Bertz CT molecular complexity index is 2190. The topological polar surface area (TPSA) is 0 Å². The molecular weight excluding hydrogens is 480 g/mol. The zero-order valence-electron chi connectivity index (χ0n) is 22.0. The molecule has 0 aliphatic heterocycles. The molecule has 0 spiro atoms. The Balaban J connectivity index is 1.16. The first-order valence-electron chi connectivity index (χ1n) is 13.9. The molecule has 0 bridgehead atoms. The van der Waals surface area contributed by atoms with Gasteiger partial charge in [-0.2, -0.15) is 0 Å². The van der Waals surface area contributed by atoms with Gasteiger partial charge >= 0.3 is 0 Å². The lowest BCUT2D eigenvalue weighted by Gasteiger charge is -2.11. The van der Waals surface area contributed by atoms with E-state index in [0.29, 0.717) is 0 Å². The standard InChI is InChI=1S/C40H26/c1-3-11-35-28(7-1)9-5-13-37(35)30-17-15-27(16-18-30)31-21-23-39-32(25-31)19-20-33-26-34(22-24-40(33)39)38-14-6-10-29-8-2-4-12-36(29)38/h1-26H. The van der Waals surface area contributed by atoms with E-state index in [4.69, 9.17) is 0 Å². The fraction of sp³-hybridized carbons (Fsp3) is 0. The van der Waals surface area contributed by atoms with Crippen LogP contribution >= 0.6 is 0 Å². The van der Waals surface area contributed by atoms with E-state index in [1.54, 1.807) is 0 Å². The fourth-order valence-corrected chi connectivity index (χ4v) is 6.21. The average molecular weight is 507 g/mol. The van der Waals surface area contributed by atoms with Gasteiger partial charge in [0, 0.05) is 0 Å². The van der Waals surface area contributed by atoms with Crippen molar-refractivity contribution in [2.45, 2.75) is 0 Å². The van der Waals surface area contributed by atoms with E-state index in [2.05, 4.69) is 158 Å². The molecule has 0 saturated carbocycles. The van der Waals surface area contributed by atoms with E-state index in [9.17, 15) is 0 Å². The van der Waals surface area contributed by atoms with Gasteiger partial charge in [-0.15, -0.1) is 0 Å². The van der Waals surface area contributed by atoms with Gasteiger partial charge in [-0.1, -0.05) is 146 Å². The first-order chi connectivity index (χ1) is 19.8. The van der Waals surface area contributed by atoms with Crippen LogP contribution in [0.1, 0.15) is 0 Å². The molecule has 8 rings (SSSR count). The third kappa shape index (κ3) is 3.77. The molecule has 0 saturated heterocycles. The minimum atomic E-state index is 1.23. The number of benzene rings is 8. The van der Waals surface area contributed by atoms with Gasteiger partial charge in [-0.05, 0) is 88.6 Å². The van der Waals surface area contributed by atoms with Gasteiger partial charge < -0.3 is 0 Å². The molecule has 0 heteroatoms. The van der Waals surface area contributed by atoms with Crippen LogP contribution in [0.15, 0.2) is 158 Å². The van der Waals surface area contributed by atoms with Crippen LogP contribution in [0, 0.1) is 0 Å². The van der Waals surface area contributed by atoms with Gasteiger partial charge in [-0.3, -0.25) is 0 Å². The van der Waals surface area contributed by atoms with Crippen molar-refractivity contribution in [2.75, 3.05) is 0 Å². The predicted molar refractivity (Wildman–Crippen MR) is 173 cm³/mol. The normalized spacial score (nSPS) is 11.5. The molecular formula is C40H26. The largest absolute Gasteiger partial charge is 0.0616 e. The Morgan fingerprint density at radius 1 is 0.225 bits per heavy atom. The van der Waals surface area contributed by atoms with Crippen molar-refractivity contribution in [3.8, 4) is 33.4 Å². The van der Waals surface area contributed by atoms with E-state index in [1.807, 2.05) is 0 Å². The lowest BCUT2D eigenvalue weighted by molar-refractivity contribution is 1.62. The monoisotopic (exact) mass is 506 g/mol. The first kappa shape index (κ1) is 22.8. The molecule has 0 unspecified atom stereocenters. The maximum absolute atomic E-state index is 2.33. The molecule has 0 radical (unpaired) electrons. The van der Waals surface area contributed by atoms with E-state index >= 15 is 0 Å². The molecule has 0 aliphatic carbocycles. The van der Waals surface area contributed by atoms with Gasteiger partial charge in [-0.25, -0.2) is 0 Å². The molecule has 8 aromatic carbocycles. The molecule has 8 aromatic rings. The maximum Gasteiger partial charge on any atom is -0.0105 e. The van der Waals surface area contributed by atoms with Crippen molar-refractivity contribution in [1.29, 1.82) is 0 Å². The molecule has 0 heterocycles. The van der Waals surface area contributed by atoms with E-state index in [-0.39, 0.29) is 0 Å². The fourth-order valence-electron chi connectivity index (χ4n) is 6.21. The second-order valence-electron chi connectivity index (χ2n) is 10.6. The molecule has 40 heavy (non-hydrogen) atoms. The molecule has 0 aromatic heterocycles. The highest BCUT2D eigenvalue weighted by atomic mass is 14.1. The Morgan fingerprint density at radius 2 is 0.675 bits per heavy atom. The van der Waals surface area contributed by atoms with Crippen molar-refractivity contribution < 1.29 is 0 Å². The smallest absolute Gasteiger partial charge is 0.0105 e. The summed E-state index contributed by atoms with van der Waals surface area (Å²) in [6.45, 7) is 0. The predicted octanol–water partition coefficient (Wildman–Crippen LogP) is 11.3. The van der Waals surface area contributed by atoms with E-state index in [1.165, 1.54) is 76.5 Å². The van der Waals surface area contributed by atoms with Crippen LogP contribution in [-0.2, 0) is 0 Å². The Hall–Kier alpha value is -5.20. The molecule has 0 atom stereocenters. The van der Waals surface area contributed by atoms with Crippen molar-refractivity contribution in [3.63, 3.8) is 0 Å². The number of hydrogen-bond acceptors (Lipinski definition) is 0. The van der Waals surface area contributed by atoms with Crippen molar-refractivity contribution in [1.82, 2.24) is 0 Å². The summed E-state index contributed by atoms with van der Waals surface area (Å²) in [7, 11) is 0. The molecule has 0 nitrogen and oxygen atoms in total. The van der Waals surface area contributed by atoms with Crippen LogP contribution in [0.5, 0.6) is 0 Å². The summed E-state index contributed by atoms with van der Waals surface area (Å²) in [5.74, 6) is 0. The zero-order chi connectivity index (χ0) is 26.5. The zero-order valence-corrected chi connectivity index (χ0v) is 22.0. The van der Waals surface area contributed by atoms with E-state index < -0.39 is 0 Å². The number of fused-ring (bicyclic) bond motifs is 5. The molecule has 0 aliphatic rings. The minimum Gasteiger partial charge on any atom is -0.0616 e. The minimum absolute atomic E-state index is 1.23. The Morgan fingerprint density at radius 3 is 1.30 bits per heavy atom. The van der Waals surface area contributed by atoms with Crippen LogP contribution in [0.4, 0.5) is 0 Å². The molecule has 0 N–H and O–H groups in total. The van der Waals surface area contributed by atoms with Crippen LogP contribution in [-0.4, -0.2) is 0 Å². The summed E-state index contributed by atoms with van der Waals surface area (Å²) in [5.41, 5.74) is 7.53. The van der Waals surface area contributed by atoms with Crippen molar-refractivity contribution in [3.05, 3.63) is 158 Å². The summed E-state index contributed by atoms with van der Waals surface area (Å²) >= 11 is 0. The van der Waals surface area contributed by atoms with Crippen molar-refractivity contribution in [2.24, 2.45) is 0 Å². The lowest BCUT2D eigenvalue weighted by atomic mass is 9.93. The SMILES string of the molecule is c1ccc2c(-c3ccc(-c4ccc5c(ccc6cc(-c7cccc8ccccc78)ccc65)c4)cc3)cccc2c1. The van der Waals surface area contributed by atoms with Gasteiger partial charge in [0.05, 0.1) is 0 Å². The highest BCUT2D eigenvalue weighted by Crippen LogP contribution is 2.35. The summed E-state index contributed by atoms with van der Waals surface area (Å²) in [6, 6.07) is 57.6. The number of hydrogen-bond donors (Lipinski definition) is 0. The lowest BCUT2D eigenvalue weighted by Crippen LogP contribution is -1.85. The highest BCUT2D eigenvalue weighted by molar-refractivity contribution is 6.10. The molecule has 186 valence electrons. The summed E-state index contributed by atoms with van der Waals surface area (Å²) < 4.78 is 0. The van der Waals surface area contributed by atoms with Gasteiger partial charge in [0.2, 0.25) is 0 Å². The second-order valence-corrected chi connectivity index (χ2v) is 10.6. The summed E-state index contributed by atoms with van der Waals surface area (Å²) in [5, 5.41) is 10.2. The molecule has 0 amide bonds. The van der Waals surface area contributed by atoms with Crippen molar-refractivity contribution >= 4 is 43.1 Å². The molecule has 0 fully saturated rings. The summed E-state index contributed by atoms with van der Waals surface area (Å²) in [6.07, 6.45) is 0.